The Labute approximate surface area is 158 Å². The molecular weight excluding hydrogens is 344 g/mol. The second kappa shape index (κ2) is 6.68. The van der Waals surface area contributed by atoms with Gasteiger partial charge in [0.25, 0.3) is 5.91 Å². The summed E-state index contributed by atoms with van der Waals surface area (Å²) in [6, 6.07) is 3.50. The van der Waals surface area contributed by atoms with Gasteiger partial charge in [-0.25, -0.2) is 9.97 Å². The molecule has 2 amide bonds. The van der Waals surface area contributed by atoms with E-state index in [1.807, 2.05) is 9.80 Å². The summed E-state index contributed by atoms with van der Waals surface area (Å²) in [4.78, 5) is 41.0. The van der Waals surface area contributed by atoms with Crippen molar-refractivity contribution in [3.63, 3.8) is 0 Å². The zero-order valence-electron chi connectivity index (χ0n) is 15.7. The summed E-state index contributed by atoms with van der Waals surface area (Å²) in [5.74, 6) is 0.734. The number of amides is 2. The van der Waals surface area contributed by atoms with Crippen LogP contribution in [-0.4, -0.2) is 63.2 Å². The van der Waals surface area contributed by atoms with E-state index in [4.69, 9.17) is 0 Å². The Bertz CT molecular complexity index is 869. The van der Waals surface area contributed by atoms with E-state index in [1.165, 1.54) is 0 Å². The van der Waals surface area contributed by atoms with Gasteiger partial charge in [-0.1, -0.05) is 0 Å². The smallest absolute Gasteiger partial charge is 0.254 e. The molecule has 142 valence electrons. The minimum absolute atomic E-state index is 0.00353. The van der Waals surface area contributed by atoms with Crippen LogP contribution >= 0.6 is 0 Å². The molecule has 8 nitrogen and oxygen atoms in total. The predicted molar refractivity (Wildman–Crippen MR) is 100 cm³/mol. The molecule has 1 spiro atoms. The normalized spacial score (nSPS) is 18.3. The Kier molecular flexibility index (Phi) is 4.33. The summed E-state index contributed by atoms with van der Waals surface area (Å²) in [7, 11) is 1.78. The summed E-state index contributed by atoms with van der Waals surface area (Å²) >= 11 is 0. The van der Waals surface area contributed by atoms with Crippen LogP contribution in [0.4, 0.5) is 5.82 Å². The fourth-order valence-electron chi connectivity index (χ4n) is 4.41. The van der Waals surface area contributed by atoms with Crippen molar-refractivity contribution in [2.75, 3.05) is 32.0 Å². The largest absolute Gasteiger partial charge is 0.373 e. The molecule has 27 heavy (non-hydrogen) atoms. The second-order valence-corrected chi connectivity index (χ2v) is 7.15. The number of fused-ring (bicyclic) bond motifs is 2. The van der Waals surface area contributed by atoms with Gasteiger partial charge in [0.15, 0.2) is 0 Å². The van der Waals surface area contributed by atoms with Gasteiger partial charge in [-0.15, -0.1) is 0 Å². The van der Waals surface area contributed by atoms with Crippen LogP contribution in [0.15, 0.2) is 24.7 Å². The number of nitrogens with one attached hydrogen (secondary N) is 2. The fraction of sp³-hybridized carbons (Fsp3) is 0.474. The van der Waals surface area contributed by atoms with E-state index in [-0.39, 0.29) is 11.8 Å². The highest BCUT2D eigenvalue weighted by molar-refractivity contribution is 5.95. The number of piperidine rings is 1. The lowest BCUT2D eigenvalue weighted by Crippen LogP contribution is -2.58. The molecule has 1 fully saturated rings. The fourth-order valence-corrected chi connectivity index (χ4v) is 4.41. The van der Waals surface area contributed by atoms with Crippen LogP contribution in [0.2, 0.25) is 0 Å². The minimum atomic E-state index is -0.412. The summed E-state index contributed by atoms with van der Waals surface area (Å²) in [6.45, 7) is 3.49. The Balaban J connectivity index is 1.57. The van der Waals surface area contributed by atoms with E-state index in [9.17, 15) is 9.59 Å². The first-order chi connectivity index (χ1) is 13.0. The van der Waals surface area contributed by atoms with E-state index in [0.717, 1.165) is 17.8 Å². The summed E-state index contributed by atoms with van der Waals surface area (Å²) in [6.07, 6.45) is 5.53. The number of carbonyl (C=O) groups is 2. The molecule has 0 bridgehead atoms. The summed E-state index contributed by atoms with van der Waals surface area (Å²) in [5, 5.41) is 2.96. The summed E-state index contributed by atoms with van der Waals surface area (Å²) < 4.78 is 0. The molecule has 4 rings (SSSR count). The van der Waals surface area contributed by atoms with E-state index in [0.29, 0.717) is 43.9 Å². The van der Waals surface area contributed by atoms with E-state index in [1.54, 1.807) is 38.6 Å². The van der Waals surface area contributed by atoms with E-state index < -0.39 is 5.54 Å². The number of nitrogens with zero attached hydrogens (tertiary/aromatic N) is 4. The highest BCUT2D eigenvalue weighted by atomic mass is 16.2. The number of H-pyrrole nitrogens is 1. The van der Waals surface area contributed by atoms with Crippen LogP contribution in [0.25, 0.3) is 0 Å². The van der Waals surface area contributed by atoms with Crippen molar-refractivity contribution >= 4 is 17.6 Å². The Morgan fingerprint density at radius 1 is 1.22 bits per heavy atom. The van der Waals surface area contributed by atoms with Crippen molar-refractivity contribution in [3.05, 3.63) is 41.6 Å². The average molecular weight is 368 g/mol. The molecule has 2 aromatic rings. The number of hydrogen-bond acceptors (Lipinski definition) is 5. The molecule has 2 aliphatic heterocycles. The van der Waals surface area contributed by atoms with Crippen LogP contribution in [0, 0.1) is 0 Å². The zero-order chi connectivity index (χ0) is 19.0. The highest BCUT2D eigenvalue weighted by Gasteiger charge is 2.48. The number of aromatic nitrogens is 3. The number of likely N-dealkylation sites (tertiary alicyclic amines) is 1. The summed E-state index contributed by atoms with van der Waals surface area (Å²) in [5.41, 5.74) is 2.29. The first kappa shape index (κ1) is 17.5. The van der Waals surface area contributed by atoms with Crippen LogP contribution < -0.4 is 5.32 Å². The topological polar surface area (TPSA) is 94.2 Å². The van der Waals surface area contributed by atoms with Gasteiger partial charge in [-0.05, 0) is 25.0 Å². The third-order valence-electron chi connectivity index (χ3n) is 5.78. The second-order valence-electron chi connectivity index (χ2n) is 7.15. The average Bonchev–Trinajstić information content (AvgIpc) is 3.18. The number of carbonyl (C=O) groups excluding carboxylic acids is 2. The van der Waals surface area contributed by atoms with Gasteiger partial charge in [-0.2, -0.15) is 0 Å². The van der Waals surface area contributed by atoms with Crippen molar-refractivity contribution in [3.8, 4) is 0 Å². The van der Waals surface area contributed by atoms with Gasteiger partial charge in [-0.3, -0.25) is 9.59 Å². The zero-order valence-corrected chi connectivity index (χ0v) is 15.7. The predicted octanol–water partition coefficient (Wildman–Crippen LogP) is 1.38. The highest BCUT2D eigenvalue weighted by Crippen LogP contribution is 2.42. The van der Waals surface area contributed by atoms with E-state index >= 15 is 0 Å². The number of imidazole rings is 1. The number of anilines is 1. The van der Waals surface area contributed by atoms with Gasteiger partial charge in [0.05, 0.1) is 17.6 Å². The molecule has 0 saturated carbocycles. The molecule has 0 aromatic carbocycles. The molecule has 0 aliphatic carbocycles. The maximum Gasteiger partial charge on any atom is 0.254 e. The third kappa shape index (κ3) is 2.85. The Hall–Kier alpha value is -2.90. The first-order valence-corrected chi connectivity index (χ1v) is 9.29. The monoisotopic (exact) mass is 368 g/mol. The van der Waals surface area contributed by atoms with Crippen molar-refractivity contribution < 1.29 is 9.59 Å². The van der Waals surface area contributed by atoms with E-state index in [2.05, 4.69) is 20.3 Å². The number of pyridine rings is 1. The molecule has 1 saturated heterocycles. The van der Waals surface area contributed by atoms with Crippen LogP contribution in [0.3, 0.4) is 0 Å². The molecule has 2 N–H and O–H groups in total. The van der Waals surface area contributed by atoms with Crippen molar-refractivity contribution in [2.24, 2.45) is 0 Å². The SMILES string of the molecule is CNc1cc(C(=O)N2CCC3(CC2)c2nc[nH]c2CCN3C(C)=O)ccn1. The molecule has 0 atom stereocenters. The van der Waals surface area contributed by atoms with Gasteiger partial charge < -0.3 is 20.1 Å². The maximum absolute atomic E-state index is 12.9. The van der Waals surface area contributed by atoms with Crippen LogP contribution in [0.1, 0.15) is 41.5 Å². The molecule has 0 unspecified atom stereocenters. The third-order valence-corrected chi connectivity index (χ3v) is 5.78. The first-order valence-electron chi connectivity index (χ1n) is 9.29. The maximum atomic E-state index is 12.9. The van der Waals surface area contributed by atoms with Crippen LogP contribution in [-0.2, 0) is 16.8 Å². The van der Waals surface area contributed by atoms with Crippen molar-refractivity contribution in [2.45, 2.75) is 31.7 Å². The van der Waals surface area contributed by atoms with Gasteiger partial charge in [0, 0.05) is 57.5 Å². The Morgan fingerprint density at radius 3 is 2.70 bits per heavy atom. The van der Waals surface area contributed by atoms with Gasteiger partial charge in [0.1, 0.15) is 5.82 Å². The number of aromatic amines is 1. The van der Waals surface area contributed by atoms with Crippen molar-refractivity contribution in [1.82, 2.24) is 24.8 Å². The number of hydrogen-bond donors (Lipinski definition) is 2. The molecular formula is C19H24N6O2. The van der Waals surface area contributed by atoms with Crippen LogP contribution in [0.5, 0.6) is 0 Å². The molecule has 2 aromatic heterocycles. The molecule has 2 aliphatic rings. The molecule has 4 heterocycles. The molecule has 8 heteroatoms. The standard InChI is InChI=1S/C19H24N6O2/c1-13(26)25-8-4-15-17(23-12-22-15)19(25)5-9-24(10-6-19)18(27)14-3-7-21-16(11-14)20-2/h3,7,11-12H,4-6,8-10H2,1-2H3,(H,20,21)(H,22,23). The molecule has 0 radical (unpaired) electrons. The minimum Gasteiger partial charge on any atom is -0.373 e. The quantitative estimate of drug-likeness (QED) is 0.835. The van der Waals surface area contributed by atoms with Gasteiger partial charge in [0.2, 0.25) is 5.91 Å². The lowest BCUT2D eigenvalue weighted by molar-refractivity contribution is -0.139. The van der Waals surface area contributed by atoms with Gasteiger partial charge >= 0.3 is 0 Å². The lowest BCUT2D eigenvalue weighted by Gasteiger charge is -2.50. The van der Waals surface area contributed by atoms with Crippen molar-refractivity contribution in [1.29, 1.82) is 0 Å². The lowest BCUT2D eigenvalue weighted by atomic mass is 9.78. The number of rotatable bonds is 2. The Morgan fingerprint density at radius 2 is 2.00 bits per heavy atom.